The second-order valence-corrected chi connectivity index (χ2v) is 6.38. The van der Waals surface area contributed by atoms with Crippen LogP contribution in [0.4, 0.5) is 8.78 Å². The number of nitrogens with one attached hydrogen (secondary N) is 1. The Morgan fingerprint density at radius 2 is 2.00 bits per heavy atom. The molecule has 0 aliphatic rings. The molecule has 0 fully saturated rings. The summed E-state index contributed by atoms with van der Waals surface area (Å²) in [5.41, 5.74) is -1.21. The van der Waals surface area contributed by atoms with Crippen LogP contribution in [0.2, 0.25) is 0 Å². The van der Waals surface area contributed by atoms with E-state index in [0.717, 1.165) is 12.1 Å². The van der Waals surface area contributed by atoms with Crippen molar-refractivity contribution in [3.63, 3.8) is 0 Å². The van der Waals surface area contributed by atoms with Gasteiger partial charge < -0.3 is 5.11 Å². The molecule has 0 heterocycles. The molecule has 0 saturated carbocycles. The zero-order valence-corrected chi connectivity index (χ0v) is 11.6. The number of rotatable bonds is 6. The highest BCUT2D eigenvalue weighted by atomic mass is 32.2. The SMILES string of the molecule is CCCC(C)(O)CNS(=O)(=O)c1ccc(F)cc1F. The molecule has 0 saturated heterocycles. The average Bonchev–Trinajstić information content (AvgIpc) is 2.26. The van der Waals surface area contributed by atoms with E-state index in [-0.39, 0.29) is 6.54 Å². The minimum absolute atomic E-state index is 0.236. The van der Waals surface area contributed by atoms with Crippen LogP contribution in [0.15, 0.2) is 23.1 Å². The van der Waals surface area contributed by atoms with Gasteiger partial charge in [-0.05, 0) is 25.5 Å². The maximum Gasteiger partial charge on any atom is 0.243 e. The molecule has 4 nitrogen and oxygen atoms in total. The van der Waals surface area contributed by atoms with E-state index in [4.69, 9.17) is 0 Å². The van der Waals surface area contributed by atoms with E-state index in [1.807, 2.05) is 6.92 Å². The van der Waals surface area contributed by atoms with Crippen molar-refractivity contribution in [2.45, 2.75) is 37.2 Å². The quantitative estimate of drug-likeness (QED) is 0.840. The maximum atomic E-state index is 13.4. The van der Waals surface area contributed by atoms with Crippen LogP contribution < -0.4 is 4.72 Å². The summed E-state index contributed by atoms with van der Waals surface area (Å²) in [5, 5.41) is 9.86. The van der Waals surface area contributed by atoms with Gasteiger partial charge in [-0.2, -0.15) is 0 Å². The number of benzene rings is 1. The van der Waals surface area contributed by atoms with Crippen molar-refractivity contribution < 1.29 is 22.3 Å². The molecule has 0 aromatic heterocycles. The van der Waals surface area contributed by atoms with Crippen LogP contribution in [0.25, 0.3) is 0 Å². The highest BCUT2D eigenvalue weighted by Gasteiger charge is 2.25. The fourth-order valence-electron chi connectivity index (χ4n) is 1.65. The van der Waals surface area contributed by atoms with Gasteiger partial charge in [-0.15, -0.1) is 0 Å². The Bertz CT molecular complexity index is 544. The lowest BCUT2D eigenvalue weighted by atomic mass is 10.0. The first-order valence-corrected chi connectivity index (χ1v) is 7.33. The standard InChI is InChI=1S/C12H17F2NO3S/c1-3-6-12(2,16)8-15-19(17,18)11-5-4-9(13)7-10(11)14/h4-5,7,15-16H,3,6,8H2,1-2H3. The molecular weight excluding hydrogens is 276 g/mol. The topological polar surface area (TPSA) is 66.4 Å². The van der Waals surface area contributed by atoms with Crippen LogP contribution in [0.5, 0.6) is 0 Å². The predicted octanol–water partition coefficient (Wildman–Crippen LogP) is 1.79. The number of hydrogen-bond acceptors (Lipinski definition) is 3. The van der Waals surface area contributed by atoms with E-state index in [1.54, 1.807) is 0 Å². The predicted molar refractivity (Wildman–Crippen MR) is 67.1 cm³/mol. The molecule has 0 spiro atoms. The molecule has 0 aliphatic carbocycles. The van der Waals surface area contributed by atoms with Gasteiger partial charge in [-0.1, -0.05) is 13.3 Å². The summed E-state index contributed by atoms with van der Waals surface area (Å²) in [6.07, 6.45) is 1.08. The second kappa shape index (κ2) is 5.94. The Labute approximate surface area is 111 Å². The molecular formula is C12H17F2NO3S. The molecule has 1 aromatic rings. The average molecular weight is 293 g/mol. The fraction of sp³-hybridized carbons (Fsp3) is 0.500. The molecule has 0 amide bonds. The molecule has 1 rings (SSSR count). The van der Waals surface area contributed by atoms with E-state index in [1.165, 1.54) is 6.92 Å². The highest BCUT2D eigenvalue weighted by molar-refractivity contribution is 7.89. The third-order valence-electron chi connectivity index (χ3n) is 2.62. The van der Waals surface area contributed by atoms with Gasteiger partial charge in [0.1, 0.15) is 16.5 Å². The minimum atomic E-state index is -4.11. The van der Waals surface area contributed by atoms with Gasteiger partial charge in [-0.3, -0.25) is 0 Å². The van der Waals surface area contributed by atoms with E-state index in [2.05, 4.69) is 4.72 Å². The van der Waals surface area contributed by atoms with E-state index >= 15 is 0 Å². The number of hydrogen-bond donors (Lipinski definition) is 2. The van der Waals surface area contributed by atoms with Crippen molar-refractivity contribution in [1.82, 2.24) is 4.72 Å². The molecule has 0 bridgehead atoms. The van der Waals surface area contributed by atoms with Crippen molar-refractivity contribution in [1.29, 1.82) is 0 Å². The first-order valence-electron chi connectivity index (χ1n) is 5.85. The normalized spacial score (nSPS) is 15.2. The van der Waals surface area contributed by atoms with Gasteiger partial charge >= 0.3 is 0 Å². The van der Waals surface area contributed by atoms with Gasteiger partial charge in [-0.25, -0.2) is 21.9 Å². The smallest absolute Gasteiger partial charge is 0.243 e. The first-order chi connectivity index (χ1) is 8.68. The lowest BCUT2D eigenvalue weighted by molar-refractivity contribution is 0.0554. The molecule has 1 atom stereocenters. The van der Waals surface area contributed by atoms with Crippen LogP contribution in [0, 0.1) is 11.6 Å². The molecule has 1 aromatic carbocycles. The zero-order valence-electron chi connectivity index (χ0n) is 10.8. The summed E-state index contributed by atoms with van der Waals surface area (Å²) in [6, 6.07) is 2.21. The molecule has 19 heavy (non-hydrogen) atoms. The van der Waals surface area contributed by atoms with E-state index < -0.39 is 32.2 Å². The van der Waals surface area contributed by atoms with Gasteiger partial charge in [0.25, 0.3) is 0 Å². The summed E-state index contributed by atoms with van der Waals surface area (Å²) in [4.78, 5) is -0.638. The van der Waals surface area contributed by atoms with Crippen LogP contribution in [-0.4, -0.2) is 25.7 Å². The molecule has 1 unspecified atom stereocenters. The fourth-order valence-corrected chi connectivity index (χ4v) is 2.87. The Kier molecular flexibility index (Phi) is 5.00. The molecule has 0 aliphatic heterocycles. The molecule has 0 radical (unpaired) electrons. The van der Waals surface area contributed by atoms with Gasteiger partial charge in [0.2, 0.25) is 10.0 Å². The van der Waals surface area contributed by atoms with E-state index in [0.29, 0.717) is 18.9 Å². The number of halogens is 2. The Balaban J connectivity index is 2.87. The van der Waals surface area contributed by atoms with Crippen LogP contribution in [0.3, 0.4) is 0 Å². The number of aliphatic hydroxyl groups is 1. The van der Waals surface area contributed by atoms with Crippen molar-refractivity contribution in [2.75, 3.05) is 6.54 Å². The summed E-state index contributed by atoms with van der Waals surface area (Å²) in [5.74, 6) is -2.02. The lowest BCUT2D eigenvalue weighted by Gasteiger charge is -2.22. The molecule has 108 valence electrons. The minimum Gasteiger partial charge on any atom is -0.389 e. The third-order valence-corrected chi connectivity index (χ3v) is 4.05. The van der Waals surface area contributed by atoms with Crippen LogP contribution in [0.1, 0.15) is 26.7 Å². The Morgan fingerprint density at radius 1 is 1.37 bits per heavy atom. The summed E-state index contributed by atoms with van der Waals surface area (Å²) in [7, 11) is -4.11. The van der Waals surface area contributed by atoms with E-state index in [9.17, 15) is 22.3 Å². The third kappa shape index (κ3) is 4.52. The largest absolute Gasteiger partial charge is 0.389 e. The van der Waals surface area contributed by atoms with Crippen molar-refractivity contribution in [3.8, 4) is 0 Å². The summed E-state index contributed by atoms with van der Waals surface area (Å²) < 4.78 is 51.9. The lowest BCUT2D eigenvalue weighted by Crippen LogP contribution is -2.40. The molecule has 2 N–H and O–H groups in total. The van der Waals surface area contributed by atoms with Gasteiger partial charge in [0, 0.05) is 12.6 Å². The second-order valence-electron chi connectivity index (χ2n) is 4.65. The number of sulfonamides is 1. The van der Waals surface area contributed by atoms with Gasteiger partial charge in [0.05, 0.1) is 5.60 Å². The summed E-state index contributed by atoms with van der Waals surface area (Å²) >= 11 is 0. The van der Waals surface area contributed by atoms with Crippen LogP contribution >= 0.6 is 0 Å². The Hall–Kier alpha value is -1.05. The van der Waals surface area contributed by atoms with Gasteiger partial charge in [0.15, 0.2) is 0 Å². The molecule has 7 heteroatoms. The Morgan fingerprint density at radius 3 is 2.53 bits per heavy atom. The maximum absolute atomic E-state index is 13.4. The first kappa shape index (κ1) is 16.0. The van der Waals surface area contributed by atoms with Crippen molar-refractivity contribution in [3.05, 3.63) is 29.8 Å². The monoisotopic (exact) mass is 293 g/mol. The summed E-state index contributed by atoms with van der Waals surface area (Å²) in [6.45, 7) is 3.10. The van der Waals surface area contributed by atoms with Crippen LogP contribution in [-0.2, 0) is 10.0 Å². The zero-order chi connectivity index (χ0) is 14.7. The van der Waals surface area contributed by atoms with Crippen molar-refractivity contribution in [2.24, 2.45) is 0 Å². The van der Waals surface area contributed by atoms with Crippen molar-refractivity contribution >= 4 is 10.0 Å². The highest BCUT2D eigenvalue weighted by Crippen LogP contribution is 2.17.